The smallest absolute Gasteiger partial charge is 0.224 e. The summed E-state index contributed by atoms with van der Waals surface area (Å²) in [6, 6.07) is 7.81. The van der Waals surface area contributed by atoms with Crippen molar-refractivity contribution in [1.29, 1.82) is 0 Å². The van der Waals surface area contributed by atoms with Gasteiger partial charge in [0.15, 0.2) is 5.82 Å². The van der Waals surface area contributed by atoms with E-state index in [1.807, 2.05) is 38.1 Å². The lowest BCUT2D eigenvalue weighted by atomic mass is 9.84. The summed E-state index contributed by atoms with van der Waals surface area (Å²) < 4.78 is 5.34. The van der Waals surface area contributed by atoms with E-state index in [-0.39, 0.29) is 5.91 Å². The number of hydrogen-bond donors (Lipinski definition) is 2. The largest absolute Gasteiger partial charge is 0.381 e. The highest BCUT2D eigenvalue weighted by Gasteiger charge is 2.28. The van der Waals surface area contributed by atoms with Crippen molar-refractivity contribution >= 4 is 11.6 Å². The lowest BCUT2D eigenvalue weighted by Gasteiger charge is -2.23. The minimum absolute atomic E-state index is 0.0522. The van der Waals surface area contributed by atoms with Gasteiger partial charge in [0.2, 0.25) is 5.91 Å². The third-order valence-electron chi connectivity index (χ3n) is 4.59. The van der Waals surface area contributed by atoms with Gasteiger partial charge in [-0.25, -0.2) is 0 Å². The molecule has 0 spiro atoms. The number of nitrogens with zero attached hydrogens (tertiary/aromatic N) is 3. The van der Waals surface area contributed by atoms with Crippen LogP contribution in [0.3, 0.4) is 0 Å². The SMILES string of the molecule is CC(C)(c1cccc(NC(=O)CC2CCOCC2)c1)c1nn[nH]n1. The molecule has 3 rings (SSSR count). The second kappa shape index (κ2) is 7.09. The highest BCUT2D eigenvalue weighted by Crippen LogP contribution is 2.30. The Morgan fingerprint density at radius 3 is 2.88 bits per heavy atom. The molecule has 1 aliphatic rings. The molecule has 2 N–H and O–H groups in total. The molecule has 1 amide bonds. The van der Waals surface area contributed by atoms with E-state index in [9.17, 15) is 4.79 Å². The first-order valence-corrected chi connectivity index (χ1v) is 8.28. The van der Waals surface area contributed by atoms with E-state index in [2.05, 4.69) is 25.9 Å². The quantitative estimate of drug-likeness (QED) is 0.878. The van der Waals surface area contributed by atoms with Gasteiger partial charge in [0.25, 0.3) is 0 Å². The first-order chi connectivity index (χ1) is 11.6. The van der Waals surface area contributed by atoms with Crippen LogP contribution in [-0.4, -0.2) is 39.7 Å². The summed E-state index contributed by atoms with van der Waals surface area (Å²) in [6.07, 6.45) is 2.46. The van der Waals surface area contributed by atoms with Gasteiger partial charge in [-0.2, -0.15) is 5.21 Å². The summed E-state index contributed by atoms with van der Waals surface area (Å²) >= 11 is 0. The molecule has 1 fully saturated rings. The fourth-order valence-corrected chi connectivity index (χ4v) is 2.97. The number of amides is 1. The molecule has 1 aliphatic heterocycles. The Bertz CT molecular complexity index is 678. The maximum absolute atomic E-state index is 12.3. The van der Waals surface area contributed by atoms with E-state index in [0.29, 0.717) is 18.2 Å². The van der Waals surface area contributed by atoms with Crippen LogP contribution in [0.5, 0.6) is 0 Å². The zero-order valence-electron chi connectivity index (χ0n) is 14.1. The Morgan fingerprint density at radius 1 is 1.38 bits per heavy atom. The number of anilines is 1. The van der Waals surface area contributed by atoms with Crippen LogP contribution in [0.15, 0.2) is 24.3 Å². The number of aromatic nitrogens is 4. The molecule has 7 nitrogen and oxygen atoms in total. The molecular weight excluding hydrogens is 306 g/mol. The highest BCUT2D eigenvalue weighted by atomic mass is 16.5. The van der Waals surface area contributed by atoms with Crippen LogP contribution < -0.4 is 5.32 Å². The first kappa shape index (κ1) is 16.6. The van der Waals surface area contributed by atoms with E-state index in [1.54, 1.807) is 0 Å². The standard InChI is InChI=1S/C17H23N5O2/c1-17(2,16-19-21-22-20-16)13-4-3-5-14(11-13)18-15(23)10-12-6-8-24-9-7-12/h3-5,11-12H,6-10H2,1-2H3,(H,18,23)(H,19,20,21,22). The van der Waals surface area contributed by atoms with E-state index in [4.69, 9.17) is 4.74 Å². The van der Waals surface area contributed by atoms with Crippen molar-refractivity contribution in [3.8, 4) is 0 Å². The number of rotatable bonds is 5. The van der Waals surface area contributed by atoms with Gasteiger partial charge in [0, 0.05) is 25.3 Å². The Hall–Kier alpha value is -2.28. The number of carbonyl (C=O) groups is 1. The zero-order valence-corrected chi connectivity index (χ0v) is 14.1. The lowest BCUT2D eigenvalue weighted by Crippen LogP contribution is -2.23. The van der Waals surface area contributed by atoms with E-state index < -0.39 is 5.41 Å². The number of aromatic amines is 1. The fourth-order valence-electron chi connectivity index (χ4n) is 2.97. The summed E-state index contributed by atoms with van der Waals surface area (Å²) in [5, 5.41) is 17.3. The molecule has 2 heterocycles. The van der Waals surface area contributed by atoms with Gasteiger partial charge in [-0.05, 0) is 50.3 Å². The zero-order chi connectivity index (χ0) is 17.0. The third kappa shape index (κ3) is 3.79. The van der Waals surface area contributed by atoms with E-state index in [0.717, 1.165) is 37.3 Å². The summed E-state index contributed by atoms with van der Waals surface area (Å²) in [6.45, 7) is 5.57. The molecule has 128 valence electrons. The van der Waals surface area contributed by atoms with Crippen molar-refractivity contribution in [2.24, 2.45) is 5.92 Å². The molecule has 7 heteroatoms. The van der Waals surface area contributed by atoms with Gasteiger partial charge in [0.1, 0.15) is 0 Å². The van der Waals surface area contributed by atoms with Crippen LogP contribution in [0.2, 0.25) is 0 Å². The molecule has 0 radical (unpaired) electrons. The van der Waals surface area contributed by atoms with Crippen molar-refractivity contribution in [2.45, 2.75) is 38.5 Å². The van der Waals surface area contributed by atoms with E-state index >= 15 is 0 Å². The van der Waals surface area contributed by atoms with Crippen LogP contribution >= 0.6 is 0 Å². The molecule has 2 aromatic rings. The monoisotopic (exact) mass is 329 g/mol. The molecule has 1 aromatic carbocycles. The third-order valence-corrected chi connectivity index (χ3v) is 4.59. The van der Waals surface area contributed by atoms with Gasteiger partial charge in [-0.1, -0.05) is 17.3 Å². The fraction of sp³-hybridized carbons (Fsp3) is 0.529. The minimum Gasteiger partial charge on any atom is -0.381 e. The van der Waals surface area contributed by atoms with Crippen LogP contribution in [-0.2, 0) is 14.9 Å². The molecule has 0 saturated carbocycles. The number of hydrogen-bond acceptors (Lipinski definition) is 5. The second-order valence-corrected chi connectivity index (χ2v) is 6.75. The molecule has 0 atom stereocenters. The Labute approximate surface area is 141 Å². The number of H-pyrrole nitrogens is 1. The predicted molar refractivity (Wildman–Crippen MR) is 89.5 cm³/mol. The van der Waals surface area contributed by atoms with Crippen LogP contribution in [0.4, 0.5) is 5.69 Å². The molecule has 0 bridgehead atoms. The molecule has 1 saturated heterocycles. The summed E-state index contributed by atoms with van der Waals surface area (Å²) in [5.74, 6) is 1.09. The average molecular weight is 329 g/mol. The summed E-state index contributed by atoms with van der Waals surface area (Å²) in [7, 11) is 0. The number of tetrazole rings is 1. The topological polar surface area (TPSA) is 92.8 Å². The van der Waals surface area contributed by atoms with Gasteiger partial charge in [-0.15, -0.1) is 10.2 Å². The predicted octanol–water partition coefficient (Wildman–Crippen LogP) is 2.28. The number of carbonyl (C=O) groups excluding carboxylic acids is 1. The van der Waals surface area contributed by atoms with Crippen molar-refractivity contribution in [1.82, 2.24) is 20.6 Å². The lowest BCUT2D eigenvalue weighted by molar-refractivity contribution is -0.117. The van der Waals surface area contributed by atoms with Crippen molar-refractivity contribution < 1.29 is 9.53 Å². The minimum atomic E-state index is -0.394. The van der Waals surface area contributed by atoms with Gasteiger partial charge < -0.3 is 10.1 Å². The highest BCUT2D eigenvalue weighted by molar-refractivity contribution is 5.91. The van der Waals surface area contributed by atoms with E-state index in [1.165, 1.54) is 0 Å². The Kier molecular flexibility index (Phi) is 4.89. The normalized spacial score (nSPS) is 16.1. The van der Waals surface area contributed by atoms with Gasteiger partial charge in [0.05, 0.1) is 5.41 Å². The maximum atomic E-state index is 12.3. The first-order valence-electron chi connectivity index (χ1n) is 8.28. The van der Waals surface area contributed by atoms with Gasteiger partial charge >= 0.3 is 0 Å². The number of nitrogens with one attached hydrogen (secondary N) is 2. The maximum Gasteiger partial charge on any atom is 0.224 e. The van der Waals surface area contributed by atoms with Crippen LogP contribution in [0, 0.1) is 5.92 Å². The van der Waals surface area contributed by atoms with Crippen LogP contribution in [0.25, 0.3) is 0 Å². The van der Waals surface area contributed by atoms with Crippen LogP contribution in [0.1, 0.15) is 44.5 Å². The summed E-state index contributed by atoms with van der Waals surface area (Å²) in [4.78, 5) is 12.3. The Morgan fingerprint density at radius 2 is 2.17 bits per heavy atom. The van der Waals surface area contributed by atoms with Crippen molar-refractivity contribution in [2.75, 3.05) is 18.5 Å². The van der Waals surface area contributed by atoms with Crippen molar-refractivity contribution in [3.05, 3.63) is 35.7 Å². The average Bonchev–Trinajstić information content (AvgIpc) is 3.11. The molecule has 0 unspecified atom stereocenters. The molecular formula is C17H23N5O2. The molecule has 0 aliphatic carbocycles. The van der Waals surface area contributed by atoms with Gasteiger partial charge in [-0.3, -0.25) is 4.79 Å². The molecule has 24 heavy (non-hydrogen) atoms. The number of ether oxygens (including phenoxy) is 1. The number of benzene rings is 1. The second-order valence-electron chi connectivity index (χ2n) is 6.75. The summed E-state index contributed by atoms with van der Waals surface area (Å²) in [5.41, 5.74) is 1.42. The Balaban J connectivity index is 1.68. The van der Waals surface area contributed by atoms with Crippen molar-refractivity contribution in [3.63, 3.8) is 0 Å². The molecule has 1 aromatic heterocycles.